The molecule has 0 atom stereocenters. The fourth-order valence-electron chi connectivity index (χ4n) is 2.18. The Hall–Kier alpha value is -2.66. The largest absolute Gasteiger partial charge is 0.497 e. The molecule has 1 aromatic carbocycles. The van der Waals surface area contributed by atoms with Crippen LogP contribution in [0.4, 0.5) is 5.13 Å². The van der Waals surface area contributed by atoms with Crippen LogP contribution in [-0.2, 0) is 17.9 Å². The molecule has 9 nitrogen and oxygen atoms in total. The summed E-state index contributed by atoms with van der Waals surface area (Å²) in [6, 6.07) is 7.33. The van der Waals surface area contributed by atoms with E-state index in [0.717, 1.165) is 5.75 Å². The van der Waals surface area contributed by atoms with Crippen LogP contribution in [0.5, 0.6) is 11.5 Å². The molecule has 3 rings (SSSR count). The number of carbonyl (C=O) groups is 1. The third-order valence-corrected chi connectivity index (χ3v) is 5.05. The Morgan fingerprint density at radius 3 is 2.67 bits per heavy atom. The number of nitrogens with zero attached hydrogens (tertiary/aromatic N) is 5. The Morgan fingerprint density at radius 1 is 1.22 bits per heavy atom. The Bertz CT molecular complexity index is 867. The normalized spacial score (nSPS) is 10.6. The fourth-order valence-corrected chi connectivity index (χ4v) is 3.47. The number of thioether (sulfide) groups is 1. The molecule has 2 aromatic heterocycles. The van der Waals surface area contributed by atoms with Gasteiger partial charge >= 0.3 is 0 Å². The standard InChI is InChI=1S/C16H18N6O3S2/c1-3-22-13(8-25-12-6-4-11(24-2)5-7-12)19-21-16(22)26-9-14(23)18-15-20-17-10-27-15/h4-7,10H,3,8-9H2,1-2H3,(H,18,20,23). The van der Waals surface area contributed by atoms with Gasteiger partial charge in [0.1, 0.15) is 23.6 Å². The zero-order valence-corrected chi connectivity index (χ0v) is 16.4. The van der Waals surface area contributed by atoms with Gasteiger partial charge < -0.3 is 14.0 Å². The lowest BCUT2D eigenvalue weighted by Crippen LogP contribution is -2.14. The minimum atomic E-state index is -0.168. The van der Waals surface area contributed by atoms with E-state index in [1.54, 1.807) is 12.6 Å². The average Bonchev–Trinajstić information content (AvgIpc) is 3.34. The number of carbonyl (C=O) groups excluding carboxylic acids is 1. The predicted molar refractivity (Wildman–Crippen MR) is 102 cm³/mol. The second kappa shape index (κ2) is 9.33. The number of anilines is 1. The number of rotatable bonds is 9. The molecular formula is C16H18N6O3S2. The van der Waals surface area contributed by atoms with Gasteiger partial charge in [-0.3, -0.25) is 10.1 Å². The van der Waals surface area contributed by atoms with Crippen molar-refractivity contribution in [3.05, 3.63) is 35.6 Å². The number of hydrogen-bond donors (Lipinski definition) is 1. The third-order valence-electron chi connectivity index (χ3n) is 3.48. The fraction of sp³-hybridized carbons (Fsp3) is 0.312. The van der Waals surface area contributed by atoms with Crippen molar-refractivity contribution in [3.63, 3.8) is 0 Å². The van der Waals surface area contributed by atoms with Crippen LogP contribution in [0.1, 0.15) is 12.7 Å². The molecule has 0 spiro atoms. The Kier molecular flexibility index (Phi) is 6.60. The lowest BCUT2D eigenvalue weighted by Gasteiger charge is -2.09. The molecule has 0 saturated carbocycles. The van der Waals surface area contributed by atoms with Crippen molar-refractivity contribution in [2.24, 2.45) is 0 Å². The van der Waals surface area contributed by atoms with E-state index in [0.29, 0.717) is 28.4 Å². The highest BCUT2D eigenvalue weighted by molar-refractivity contribution is 7.99. The van der Waals surface area contributed by atoms with Crippen LogP contribution in [0.3, 0.4) is 0 Å². The second-order valence-electron chi connectivity index (χ2n) is 5.19. The van der Waals surface area contributed by atoms with Gasteiger partial charge in [-0.15, -0.1) is 20.4 Å². The number of ether oxygens (including phenoxy) is 2. The van der Waals surface area contributed by atoms with E-state index in [9.17, 15) is 4.79 Å². The first kappa shape index (κ1) is 19.1. The van der Waals surface area contributed by atoms with Gasteiger partial charge in [-0.1, -0.05) is 23.1 Å². The third kappa shape index (κ3) is 5.17. The topological polar surface area (TPSA) is 104 Å². The van der Waals surface area contributed by atoms with E-state index < -0.39 is 0 Å². The Labute approximate surface area is 164 Å². The summed E-state index contributed by atoms with van der Waals surface area (Å²) in [6.45, 7) is 2.95. The highest BCUT2D eigenvalue weighted by Gasteiger charge is 2.14. The summed E-state index contributed by atoms with van der Waals surface area (Å²) in [6.07, 6.45) is 0. The van der Waals surface area contributed by atoms with Crippen molar-refractivity contribution in [2.75, 3.05) is 18.2 Å². The van der Waals surface area contributed by atoms with E-state index in [1.807, 2.05) is 35.8 Å². The van der Waals surface area contributed by atoms with Crippen molar-refractivity contribution in [1.29, 1.82) is 0 Å². The lowest BCUT2D eigenvalue weighted by molar-refractivity contribution is -0.113. The maximum atomic E-state index is 12.0. The first-order valence-electron chi connectivity index (χ1n) is 8.07. The van der Waals surface area contributed by atoms with Crippen molar-refractivity contribution < 1.29 is 14.3 Å². The summed E-state index contributed by atoms with van der Waals surface area (Å²) in [4.78, 5) is 12.0. The number of methoxy groups -OCH3 is 1. The quantitative estimate of drug-likeness (QED) is 0.541. The van der Waals surface area contributed by atoms with Gasteiger partial charge in [0, 0.05) is 6.54 Å². The molecule has 0 saturated heterocycles. The second-order valence-corrected chi connectivity index (χ2v) is 6.96. The van der Waals surface area contributed by atoms with E-state index in [4.69, 9.17) is 9.47 Å². The highest BCUT2D eigenvalue weighted by atomic mass is 32.2. The minimum absolute atomic E-state index is 0.168. The zero-order valence-electron chi connectivity index (χ0n) is 14.8. The number of benzene rings is 1. The minimum Gasteiger partial charge on any atom is -0.497 e. The Balaban J connectivity index is 1.56. The molecule has 11 heteroatoms. The number of hydrogen-bond acceptors (Lipinski definition) is 9. The molecule has 0 aliphatic carbocycles. The number of nitrogens with one attached hydrogen (secondary N) is 1. The van der Waals surface area contributed by atoms with Gasteiger partial charge in [-0.2, -0.15) is 0 Å². The molecule has 0 bridgehead atoms. The highest BCUT2D eigenvalue weighted by Crippen LogP contribution is 2.21. The van der Waals surface area contributed by atoms with Crippen LogP contribution in [0.15, 0.2) is 34.9 Å². The van der Waals surface area contributed by atoms with Gasteiger partial charge in [-0.25, -0.2) is 0 Å². The molecule has 0 fully saturated rings. The first-order chi connectivity index (χ1) is 13.2. The smallest absolute Gasteiger partial charge is 0.236 e. The van der Waals surface area contributed by atoms with E-state index in [1.165, 1.54) is 23.1 Å². The molecule has 27 heavy (non-hydrogen) atoms. The molecule has 3 aromatic rings. The first-order valence-corrected chi connectivity index (χ1v) is 9.94. The van der Waals surface area contributed by atoms with Crippen molar-refractivity contribution in [2.45, 2.75) is 25.2 Å². The van der Waals surface area contributed by atoms with Crippen LogP contribution in [0.2, 0.25) is 0 Å². The zero-order chi connectivity index (χ0) is 19.1. The maximum Gasteiger partial charge on any atom is 0.236 e. The van der Waals surface area contributed by atoms with Crippen LogP contribution < -0.4 is 14.8 Å². The molecular weight excluding hydrogens is 388 g/mol. The summed E-state index contributed by atoms with van der Waals surface area (Å²) in [5.41, 5.74) is 1.56. The lowest BCUT2D eigenvalue weighted by atomic mass is 10.3. The SMILES string of the molecule is CCn1c(COc2ccc(OC)cc2)nnc1SCC(=O)Nc1nncs1. The molecule has 0 radical (unpaired) electrons. The molecule has 2 heterocycles. The van der Waals surface area contributed by atoms with E-state index >= 15 is 0 Å². The summed E-state index contributed by atoms with van der Waals surface area (Å²) >= 11 is 2.58. The van der Waals surface area contributed by atoms with Crippen molar-refractivity contribution >= 4 is 34.1 Å². The Morgan fingerprint density at radius 2 is 2.00 bits per heavy atom. The summed E-state index contributed by atoms with van der Waals surface area (Å²) < 4.78 is 12.8. The van der Waals surface area contributed by atoms with Crippen LogP contribution in [-0.4, -0.2) is 43.7 Å². The van der Waals surface area contributed by atoms with Gasteiger partial charge in [0.15, 0.2) is 11.0 Å². The molecule has 0 aliphatic heterocycles. The monoisotopic (exact) mass is 406 g/mol. The molecule has 1 amide bonds. The molecule has 1 N–H and O–H groups in total. The van der Waals surface area contributed by atoms with E-state index in [2.05, 4.69) is 25.7 Å². The van der Waals surface area contributed by atoms with Gasteiger partial charge in [0.05, 0.1) is 12.9 Å². The predicted octanol–water partition coefficient (Wildman–Crippen LogP) is 2.47. The summed E-state index contributed by atoms with van der Waals surface area (Å²) in [7, 11) is 1.62. The van der Waals surface area contributed by atoms with Gasteiger partial charge in [-0.05, 0) is 31.2 Å². The molecule has 0 unspecified atom stereocenters. The van der Waals surface area contributed by atoms with Crippen LogP contribution in [0, 0.1) is 0 Å². The summed E-state index contributed by atoms with van der Waals surface area (Å²) in [5, 5.41) is 19.6. The number of aromatic nitrogens is 5. The molecule has 0 aliphatic rings. The van der Waals surface area contributed by atoms with Gasteiger partial charge in [0.2, 0.25) is 11.0 Å². The van der Waals surface area contributed by atoms with Crippen LogP contribution in [0.25, 0.3) is 0 Å². The average molecular weight is 406 g/mol. The number of amides is 1. The van der Waals surface area contributed by atoms with Crippen molar-refractivity contribution in [1.82, 2.24) is 25.0 Å². The van der Waals surface area contributed by atoms with Gasteiger partial charge in [0.25, 0.3) is 0 Å². The van der Waals surface area contributed by atoms with E-state index in [-0.39, 0.29) is 18.3 Å². The van der Waals surface area contributed by atoms with Crippen LogP contribution >= 0.6 is 23.1 Å². The summed E-state index contributed by atoms with van der Waals surface area (Å²) in [5.74, 6) is 2.22. The maximum absolute atomic E-state index is 12.0. The molecule has 142 valence electrons. The van der Waals surface area contributed by atoms with Crippen molar-refractivity contribution in [3.8, 4) is 11.5 Å².